The van der Waals surface area contributed by atoms with Gasteiger partial charge in [0.1, 0.15) is 17.7 Å². The van der Waals surface area contributed by atoms with Crippen LogP contribution in [0.2, 0.25) is 0 Å². The minimum atomic E-state index is -0.499. The highest BCUT2D eigenvalue weighted by atomic mass is 20.0. The van der Waals surface area contributed by atoms with Crippen molar-refractivity contribution >= 4 is 11.9 Å². The first-order valence-electron chi connectivity index (χ1n) is 14.7. The summed E-state index contributed by atoms with van der Waals surface area (Å²) in [5.74, 6) is 4.13. The van der Waals surface area contributed by atoms with Gasteiger partial charge in [0, 0.05) is 45.7 Å². The average molecular weight is 701 g/mol. The first-order chi connectivity index (χ1) is 24.0. The zero-order valence-electron chi connectivity index (χ0n) is 26.7. The van der Waals surface area contributed by atoms with Crippen LogP contribution in [0.15, 0.2) is 72.8 Å². The standard InChI is InChI=1S/C35H35FO7.3F2/c1-3-4-5-6-10-27(2)42-34(37)31-17-21-33(22-18-31)43-35(38)30-13-11-28(12-14-30)29-15-19-32(20-16-29)39-24-9-26-41-40-25-8-7-23-36;3*1-2/h11-22,27H,3-6,9-10,24,26H2,1-2H3;;;. The van der Waals surface area contributed by atoms with Crippen LogP contribution >= 0.6 is 0 Å². The number of carbonyl (C=O) groups excluding carboxylic acids is 2. The first-order valence-corrected chi connectivity index (χ1v) is 14.7. The molecule has 14 heteroatoms. The number of rotatable bonds is 16. The lowest BCUT2D eigenvalue weighted by Crippen LogP contribution is -2.15. The molecule has 0 radical (unpaired) electrons. The Labute approximate surface area is 279 Å². The number of hydrogen-bond donors (Lipinski definition) is 0. The van der Waals surface area contributed by atoms with Crippen molar-refractivity contribution in [2.75, 3.05) is 13.2 Å². The van der Waals surface area contributed by atoms with Crippen LogP contribution in [-0.2, 0) is 14.5 Å². The van der Waals surface area contributed by atoms with Crippen LogP contribution in [0.4, 0.5) is 31.8 Å². The van der Waals surface area contributed by atoms with Crippen molar-refractivity contribution in [3.05, 3.63) is 83.9 Å². The Kier molecular flexibility index (Phi) is 25.9. The lowest BCUT2D eigenvalue weighted by molar-refractivity contribution is -0.237. The van der Waals surface area contributed by atoms with Gasteiger partial charge in [-0.2, -0.15) is 4.89 Å². The molecule has 266 valence electrons. The van der Waals surface area contributed by atoms with Crippen LogP contribution in [0, 0.1) is 24.1 Å². The average Bonchev–Trinajstić information content (AvgIpc) is 3.16. The molecule has 3 rings (SSSR count). The Morgan fingerprint density at radius 1 is 0.673 bits per heavy atom. The zero-order valence-corrected chi connectivity index (χ0v) is 26.7. The topological polar surface area (TPSA) is 80.3 Å². The van der Waals surface area contributed by atoms with Gasteiger partial charge in [0.15, 0.2) is 6.11 Å². The van der Waals surface area contributed by atoms with Gasteiger partial charge in [0.05, 0.1) is 30.4 Å². The van der Waals surface area contributed by atoms with Crippen molar-refractivity contribution < 1.29 is 65.4 Å². The number of hydrogen-bond acceptors (Lipinski definition) is 7. The fraction of sp³-hybridized carbons (Fsp3) is 0.314. The maximum atomic E-state index is 12.7. The van der Waals surface area contributed by atoms with E-state index in [0.29, 0.717) is 35.7 Å². The van der Waals surface area contributed by atoms with E-state index in [9.17, 15) is 14.0 Å². The Bertz CT molecular complexity index is 1430. The van der Waals surface area contributed by atoms with E-state index in [2.05, 4.69) is 23.8 Å². The molecule has 1 atom stereocenters. The predicted octanol–water partition coefficient (Wildman–Crippen LogP) is 10.2. The van der Waals surface area contributed by atoms with Gasteiger partial charge in [-0.3, -0.25) is 4.89 Å². The largest absolute Gasteiger partial charge is 0.494 e. The van der Waals surface area contributed by atoms with Crippen molar-refractivity contribution in [1.29, 1.82) is 0 Å². The lowest BCUT2D eigenvalue weighted by Gasteiger charge is -2.13. The van der Waals surface area contributed by atoms with Crippen LogP contribution in [0.5, 0.6) is 11.5 Å². The summed E-state index contributed by atoms with van der Waals surface area (Å²) in [7, 11) is 0. The number of esters is 2. The summed E-state index contributed by atoms with van der Waals surface area (Å²) < 4.78 is 76.2. The molecule has 0 bridgehead atoms. The molecule has 0 N–H and O–H groups in total. The fourth-order valence-electron chi connectivity index (χ4n) is 3.98. The molecule has 1 unspecified atom stereocenters. The second kappa shape index (κ2) is 29.0. The predicted molar refractivity (Wildman–Crippen MR) is 167 cm³/mol. The molecule has 0 heterocycles. The molecule has 0 aromatic heterocycles. The van der Waals surface area contributed by atoms with E-state index in [1.54, 1.807) is 36.4 Å². The molecule has 3 aromatic carbocycles. The molecule has 0 aliphatic carbocycles. The Morgan fingerprint density at radius 2 is 1.22 bits per heavy atom. The number of unbranched alkanes of at least 4 members (excludes halogenated alkanes) is 3. The molecule has 0 saturated carbocycles. The summed E-state index contributed by atoms with van der Waals surface area (Å²) in [6.45, 7) is 4.72. The number of ether oxygens (including phenoxy) is 3. The van der Waals surface area contributed by atoms with Gasteiger partial charge in [-0.25, -0.2) is 9.59 Å². The van der Waals surface area contributed by atoms with Gasteiger partial charge in [0.2, 0.25) is 0 Å². The van der Waals surface area contributed by atoms with Crippen molar-refractivity contribution in [3.63, 3.8) is 0 Å². The van der Waals surface area contributed by atoms with Crippen LogP contribution < -0.4 is 9.47 Å². The van der Waals surface area contributed by atoms with Crippen molar-refractivity contribution in [1.82, 2.24) is 0 Å². The zero-order chi connectivity index (χ0) is 36.7. The monoisotopic (exact) mass is 700 g/mol. The third-order valence-electron chi connectivity index (χ3n) is 6.28. The molecule has 49 heavy (non-hydrogen) atoms. The first kappa shape index (κ1) is 43.8. The van der Waals surface area contributed by atoms with Crippen molar-refractivity contribution in [2.24, 2.45) is 0 Å². The molecule has 0 amide bonds. The van der Waals surface area contributed by atoms with Crippen LogP contribution in [0.3, 0.4) is 0 Å². The Balaban J connectivity index is 0.00000363. The van der Waals surface area contributed by atoms with E-state index in [1.807, 2.05) is 49.2 Å². The molecule has 3 aromatic rings. The fourth-order valence-corrected chi connectivity index (χ4v) is 3.98. The number of benzene rings is 3. The molecular weight excluding hydrogens is 665 g/mol. The molecule has 0 spiro atoms. The SMILES string of the molecule is CCCCCCC(C)OC(=O)c1ccc(OC(=O)c2ccc(-c3ccc(OCCCOOC#CC#CF)cc3)cc2)cc1.FF.FF.FF. The lowest BCUT2D eigenvalue weighted by atomic mass is 10.0. The smallest absolute Gasteiger partial charge is 0.343 e. The van der Waals surface area contributed by atoms with Crippen LogP contribution in [0.25, 0.3) is 11.1 Å². The number of carbonyl (C=O) groups is 2. The molecular formula is C35H35F7O7. The molecule has 0 aliphatic rings. The van der Waals surface area contributed by atoms with Gasteiger partial charge >= 0.3 is 11.9 Å². The summed E-state index contributed by atoms with van der Waals surface area (Å²) >= 11 is 0. The summed E-state index contributed by atoms with van der Waals surface area (Å²) in [6.07, 6.45) is 9.00. The number of halogens is 7. The normalized spacial score (nSPS) is 9.82. The molecule has 7 nitrogen and oxygen atoms in total. The highest BCUT2D eigenvalue weighted by Crippen LogP contribution is 2.24. The van der Waals surface area contributed by atoms with E-state index < -0.39 is 5.97 Å². The Hall–Kier alpha value is -5.21. The molecule has 0 aliphatic heterocycles. The Morgan fingerprint density at radius 3 is 1.82 bits per heavy atom. The van der Waals surface area contributed by atoms with Gasteiger partial charge < -0.3 is 14.2 Å². The van der Waals surface area contributed by atoms with Crippen molar-refractivity contribution in [2.45, 2.75) is 58.5 Å². The second-order valence-electron chi connectivity index (χ2n) is 9.63. The van der Waals surface area contributed by atoms with Gasteiger partial charge in [0.25, 0.3) is 0 Å². The van der Waals surface area contributed by atoms with Gasteiger partial charge in [-0.05, 0) is 79.4 Å². The van der Waals surface area contributed by atoms with E-state index in [0.717, 1.165) is 36.6 Å². The van der Waals surface area contributed by atoms with E-state index in [-0.39, 0.29) is 18.7 Å². The summed E-state index contributed by atoms with van der Waals surface area (Å²) in [5, 5.41) is 0. The summed E-state index contributed by atoms with van der Waals surface area (Å²) in [5.41, 5.74) is 2.69. The quantitative estimate of drug-likeness (QED) is 0.0280. The third-order valence-corrected chi connectivity index (χ3v) is 6.28. The van der Waals surface area contributed by atoms with Gasteiger partial charge in [-0.1, -0.05) is 50.5 Å². The molecule has 0 saturated heterocycles. The minimum Gasteiger partial charge on any atom is -0.494 e. The van der Waals surface area contributed by atoms with E-state index in [1.165, 1.54) is 12.8 Å². The minimum absolute atomic E-state index is 0.146. The summed E-state index contributed by atoms with van der Waals surface area (Å²) in [4.78, 5) is 34.4. The summed E-state index contributed by atoms with van der Waals surface area (Å²) in [6, 6.07) is 21.0. The molecule has 0 fully saturated rings. The highest BCUT2D eigenvalue weighted by Gasteiger charge is 2.14. The van der Waals surface area contributed by atoms with E-state index >= 15 is 0 Å². The maximum Gasteiger partial charge on any atom is 0.343 e. The van der Waals surface area contributed by atoms with Crippen LogP contribution in [0.1, 0.15) is 73.1 Å². The second-order valence-corrected chi connectivity index (χ2v) is 9.63. The maximum absolute atomic E-state index is 12.7. The van der Waals surface area contributed by atoms with Crippen LogP contribution in [-0.4, -0.2) is 31.3 Å². The third kappa shape index (κ3) is 18.6. The van der Waals surface area contributed by atoms with Gasteiger partial charge in [-0.15, -0.1) is 4.39 Å². The van der Waals surface area contributed by atoms with E-state index in [4.69, 9.17) is 46.5 Å². The van der Waals surface area contributed by atoms with Crippen molar-refractivity contribution in [3.8, 4) is 46.7 Å². The highest BCUT2D eigenvalue weighted by molar-refractivity contribution is 5.92.